The molecular formula is C14H22ClN3. The van der Waals surface area contributed by atoms with Crippen LogP contribution >= 0.6 is 11.6 Å². The third-order valence-corrected chi connectivity index (χ3v) is 5.28. The fourth-order valence-electron chi connectivity index (χ4n) is 4.18. The molecule has 4 atom stereocenters. The van der Waals surface area contributed by atoms with Gasteiger partial charge in [0.25, 0.3) is 0 Å². The molecule has 2 fully saturated rings. The second-order valence-corrected chi connectivity index (χ2v) is 6.42. The van der Waals surface area contributed by atoms with Crippen LogP contribution in [0.4, 0.5) is 0 Å². The molecule has 1 aromatic rings. The van der Waals surface area contributed by atoms with Crippen molar-refractivity contribution in [1.82, 2.24) is 14.8 Å². The van der Waals surface area contributed by atoms with Crippen molar-refractivity contribution in [2.45, 2.75) is 58.4 Å². The summed E-state index contributed by atoms with van der Waals surface area (Å²) in [6, 6.07) is 0.462. The highest BCUT2D eigenvalue weighted by Crippen LogP contribution is 2.52. The summed E-state index contributed by atoms with van der Waals surface area (Å²) >= 11 is 6.25. The lowest BCUT2D eigenvalue weighted by Gasteiger charge is -2.29. The third-order valence-electron chi connectivity index (χ3n) is 5.02. The Kier molecular flexibility index (Phi) is 3.35. The van der Waals surface area contributed by atoms with Crippen molar-refractivity contribution >= 4 is 11.6 Å². The molecule has 18 heavy (non-hydrogen) atoms. The number of fused-ring (bicyclic) bond motifs is 2. The highest BCUT2D eigenvalue weighted by molar-refractivity contribution is 6.28. The fraction of sp³-hybridized carbons (Fsp3) is 0.857. The third kappa shape index (κ3) is 1.97. The van der Waals surface area contributed by atoms with E-state index < -0.39 is 0 Å². The molecule has 0 radical (unpaired) electrons. The number of rotatable bonds is 4. The Morgan fingerprint density at radius 1 is 1.33 bits per heavy atom. The number of halogens is 1. The van der Waals surface area contributed by atoms with Gasteiger partial charge in [0.1, 0.15) is 5.82 Å². The van der Waals surface area contributed by atoms with Gasteiger partial charge in [0.2, 0.25) is 5.28 Å². The molecule has 3 rings (SSSR count). The van der Waals surface area contributed by atoms with E-state index in [0.29, 0.717) is 11.3 Å². The van der Waals surface area contributed by atoms with E-state index in [1.54, 1.807) is 0 Å². The van der Waals surface area contributed by atoms with Gasteiger partial charge in [-0.15, -0.1) is 10.2 Å². The standard InChI is InChI=1S/C14H22ClN3/c1-3-4-13-16-17-14(15)18(13)9(2)12-8-10-5-6-11(12)7-10/h9-12H,3-8H2,1-2H3. The molecule has 1 aromatic heterocycles. The highest BCUT2D eigenvalue weighted by atomic mass is 35.5. The maximum atomic E-state index is 6.25. The van der Waals surface area contributed by atoms with Crippen LogP contribution in [0.3, 0.4) is 0 Å². The van der Waals surface area contributed by atoms with E-state index in [1.165, 1.54) is 25.7 Å². The van der Waals surface area contributed by atoms with E-state index in [1.807, 2.05) is 0 Å². The van der Waals surface area contributed by atoms with Gasteiger partial charge in [-0.05, 0) is 62.0 Å². The van der Waals surface area contributed by atoms with E-state index in [4.69, 9.17) is 11.6 Å². The number of aryl methyl sites for hydroxylation is 1. The Balaban J connectivity index is 1.83. The lowest BCUT2D eigenvalue weighted by atomic mass is 9.84. The Hall–Kier alpha value is -0.570. The molecule has 3 nitrogen and oxygen atoms in total. The van der Waals surface area contributed by atoms with Crippen molar-refractivity contribution in [3.05, 3.63) is 11.1 Å². The summed E-state index contributed by atoms with van der Waals surface area (Å²) in [6.45, 7) is 4.48. The summed E-state index contributed by atoms with van der Waals surface area (Å²) in [5, 5.41) is 8.89. The molecule has 0 N–H and O–H groups in total. The number of hydrogen-bond acceptors (Lipinski definition) is 2. The summed E-state index contributed by atoms with van der Waals surface area (Å²) in [6.07, 6.45) is 7.77. The van der Waals surface area contributed by atoms with Gasteiger partial charge in [0.15, 0.2) is 0 Å². The van der Waals surface area contributed by atoms with Gasteiger partial charge in [-0.3, -0.25) is 4.57 Å². The van der Waals surface area contributed by atoms with Crippen LogP contribution in [0.2, 0.25) is 5.28 Å². The molecule has 0 aromatic carbocycles. The van der Waals surface area contributed by atoms with Gasteiger partial charge < -0.3 is 0 Å². The minimum Gasteiger partial charge on any atom is -0.299 e. The molecule has 100 valence electrons. The van der Waals surface area contributed by atoms with Crippen LogP contribution in [0.1, 0.15) is 57.8 Å². The predicted molar refractivity (Wildman–Crippen MR) is 72.7 cm³/mol. The van der Waals surface area contributed by atoms with E-state index >= 15 is 0 Å². The van der Waals surface area contributed by atoms with Gasteiger partial charge in [-0.2, -0.15) is 0 Å². The Labute approximate surface area is 114 Å². The topological polar surface area (TPSA) is 30.7 Å². The SMILES string of the molecule is CCCc1nnc(Cl)n1C(C)C1CC2CCC1C2. The van der Waals surface area contributed by atoms with Gasteiger partial charge in [-0.1, -0.05) is 13.3 Å². The fourth-order valence-corrected chi connectivity index (χ4v) is 4.46. The highest BCUT2D eigenvalue weighted by Gasteiger charge is 2.43. The second-order valence-electron chi connectivity index (χ2n) is 6.08. The first-order chi connectivity index (χ1) is 8.70. The Bertz CT molecular complexity index is 429. The zero-order chi connectivity index (χ0) is 12.7. The molecular weight excluding hydrogens is 246 g/mol. The molecule has 4 unspecified atom stereocenters. The smallest absolute Gasteiger partial charge is 0.225 e. The van der Waals surface area contributed by atoms with E-state index in [2.05, 4.69) is 28.6 Å². The molecule has 0 spiro atoms. The number of aromatic nitrogens is 3. The van der Waals surface area contributed by atoms with Crippen molar-refractivity contribution in [3.63, 3.8) is 0 Å². The molecule has 1 heterocycles. The summed E-state index contributed by atoms with van der Waals surface area (Å²) < 4.78 is 2.19. The molecule has 2 aliphatic rings. The maximum absolute atomic E-state index is 6.25. The molecule has 4 heteroatoms. The van der Waals surface area contributed by atoms with Gasteiger partial charge in [-0.25, -0.2) is 0 Å². The molecule has 2 bridgehead atoms. The lowest BCUT2D eigenvalue weighted by molar-refractivity contribution is 0.239. The average Bonchev–Trinajstić information content (AvgIpc) is 3.04. The van der Waals surface area contributed by atoms with Crippen LogP contribution in [-0.2, 0) is 6.42 Å². The van der Waals surface area contributed by atoms with Crippen molar-refractivity contribution in [1.29, 1.82) is 0 Å². The summed E-state index contributed by atoms with van der Waals surface area (Å²) in [5.74, 6) is 3.75. The second kappa shape index (κ2) is 4.84. The summed E-state index contributed by atoms with van der Waals surface area (Å²) in [7, 11) is 0. The van der Waals surface area contributed by atoms with Crippen molar-refractivity contribution in [2.75, 3.05) is 0 Å². The Morgan fingerprint density at radius 3 is 2.78 bits per heavy atom. The van der Waals surface area contributed by atoms with Crippen LogP contribution < -0.4 is 0 Å². The van der Waals surface area contributed by atoms with Gasteiger partial charge in [0.05, 0.1) is 0 Å². The minimum atomic E-state index is 0.462. The Morgan fingerprint density at radius 2 is 2.17 bits per heavy atom. The lowest BCUT2D eigenvalue weighted by Crippen LogP contribution is -2.23. The monoisotopic (exact) mass is 267 g/mol. The first-order valence-corrected chi connectivity index (χ1v) is 7.67. The van der Waals surface area contributed by atoms with E-state index in [0.717, 1.165) is 36.4 Å². The number of hydrogen-bond donors (Lipinski definition) is 0. The van der Waals surface area contributed by atoms with Gasteiger partial charge >= 0.3 is 0 Å². The van der Waals surface area contributed by atoms with Crippen molar-refractivity contribution in [2.24, 2.45) is 17.8 Å². The first-order valence-electron chi connectivity index (χ1n) is 7.30. The van der Waals surface area contributed by atoms with E-state index in [-0.39, 0.29) is 0 Å². The van der Waals surface area contributed by atoms with Crippen LogP contribution in [0.5, 0.6) is 0 Å². The minimum absolute atomic E-state index is 0.462. The van der Waals surface area contributed by atoms with E-state index in [9.17, 15) is 0 Å². The molecule has 2 aliphatic carbocycles. The quantitative estimate of drug-likeness (QED) is 0.829. The van der Waals surface area contributed by atoms with Crippen LogP contribution in [-0.4, -0.2) is 14.8 Å². The number of nitrogens with zero attached hydrogens (tertiary/aromatic N) is 3. The molecule has 2 saturated carbocycles. The molecule has 0 aliphatic heterocycles. The van der Waals surface area contributed by atoms with Crippen LogP contribution in [0, 0.1) is 17.8 Å². The zero-order valence-corrected chi connectivity index (χ0v) is 12.0. The van der Waals surface area contributed by atoms with Crippen molar-refractivity contribution < 1.29 is 0 Å². The molecule has 0 saturated heterocycles. The summed E-state index contributed by atoms with van der Waals surface area (Å²) in [5.41, 5.74) is 0. The molecule has 0 amide bonds. The van der Waals surface area contributed by atoms with Crippen LogP contribution in [0.25, 0.3) is 0 Å². The van der Waals surface area contributed by atoms with Gasteiger partial charge in [0, 0.05) is 12.5 Å². The van der Waals surface area contributed by atoms with Crippen LogP contribution in [0.15, 0.2) is 0 Å². The van der Waals surface area contributed by atoms with Crippen molar-refractivity contribution in [3.8, 4) is 0 Å². The predicted octanol–water partition coefficient (Wildman–Crippen LogP) is 3.88. The average molecular weight is 268 g/mol. The maximum Gasteiger partial charge on any atom is 0.225 e. The first kappa shape index (κ1) is 12.5. The zero-order valence-electron chi connectivity index (χ0n) is 11.3. The largest absolute Gasteiger partial charge is 0.299 e. The summed E-state index contributed by atoms with van der Waals surface area (Å²) in [4.78, 5) is 0. The normalized spacial score (nSPS) is 32.1.